The summed E-state index contributed by atoms with van der Waals surface area (Å²) in [5.41, 5.74) is 9.75. The summed E-state index contributed by atoms with van der Waals surface area (Å²) in [5.74, 6) is 0.0285. The van der Waals surface area contributed by atoms with Gasteiger partial charge in [-0.05, 0) is 103 Å². The van der Waals surface area contributed by atoms with Gasteiger partial charge in [-0.1, -0.05) is 98.8 Å². The molecular weight excluding hydrogens is 534 g/mol. The number of nitrogens with zero attached hydrogens (tertiary/aromatic N) is 1. The zero-order valence-corrected chi connectivity index (χ0v) is 26.5. The molecule has 1 fully saturated rings. The van der Waals surface area contributed by atoms with Gasteiger partial charge in [-0.25, -0.2) is 4.98 Å². The molecule has 0 saturated heterocycles. The van der Waals surface area contributed by atoms with E-state index in [2.05, 4.69) is 124 Å². The SMILES string of the molecule is C=C(C)c1ccccc1CCCc1cccc(/C=C/c2ccc3ccc(C)cc3n2)c1.CC.O=C(O)CC1(CS)CC1. The minimum atomic E-state index is -0.693. The monoisotopic (exact) mass is 579 g/mol. The third kappa shape index (κ3) is 10.0. The van der Waals surface area contributed by atoms with Crippen LogP contribution >= 0.6 is 12.6 Å². The molecule has 0 amide bonds. The van der Waals surface area contributed by atoms with Gasteiger partial charge in [0.2, 0.25) is 0 Å². The molecule has 1 saturated carbocycles. The number of carboxylic acids is 1. The van der Waals surface area contributed by atoms with E-state index in [4.69, 9.17) is 10.1 Å². The number of allylic oxidation sites excluding steroid dienone is 1. The summed E-state index contributed by atoms with van der Waals surface area (Å²) in [4.78, 5) is 15.0. The fourth-order valence-corrected chi connectivity index (χ4v) is 5.32. The Labute approximate surface area is 257 Å². The molecule has 220 valence electrons. The van der Waals surface area contributed by atoms with Crippen LogP contribution in [0.1, 0.15) is 80.0 Å². The largest absolute Gasteiger partial charge is 0.481 e. The summed E-state index contributed by atoms with van der Waals surface area (Å²) in [6.45, 7) is 12.3. The number of carboxylic acid groups (broad SMARTS) is 1. The second-order valence-electron chi connectivity index (χ2n) is 11.0. The van der Waals surface area contributed by atoms with E-state index in [0.29, 0.717) is 6.42 Å². The molecule has 5 rings (SSSR count). The van der Waals surface area contributed by atoms with Crippen LogP contribution in [0.25, 0.3) is 28.6 Å². The van der Waals surface area contributed by atoms with Crippen LogP contribution in [0.3, 0.4) is 0 Å². The van der Waals surface area contributed by atoms with Crippen molar-refractivity contribution in [3.8, 4) is 0 Å². The fourth-order valence-electron chi connectivity index (χ4n) is 4.90. The lowest BCUT2D eigenvalue weighted by Crippen LogP contribution is -2.09. The first-order valence-corrected chi connectivity index (χ1v) is 15.6. The first-order chi connectivity index (χ1) is 20.3. The van der Waals surface area contributed by atoms with Crippen molar-refractivity contribution >= 4 is 47.2 Å². The van der Waals surface area contributed by atoms with E-state index < -0.39 is 5.97 Å². The van der Waals surface area contributed by atoms with Crippen LogP contribution in [0.5, 0.6) is 0 Å². The summed E-state index contributed by atoms with van der Waals surface area (Å²) in [5, 5.41) is 9.56. The maximum atomic E-state index is 10.2. The molecule has 0 bridgehead atoms. The van der Waals surface area contributed by atoms with Crippen LogP contribution in [0.2, 0.25) is 0 Å². The Balaban J connectivity index is 0.000000373. The molecule has 3 aromatic carbocycles. The van der Waals surface area contributed by atoms with Gasteiger partial charge in [0.05, 0.1) is 17.6 Å². The van der Waals surface area contributed by atoms with Gasteiger partial charge >= 0.3 is 5.97 Å². The lowest BCUT2D eigenvalue weighted by Gasteiger charge is -2.09. The first-order valence-electron chi connectivity index (χ1n) is 15.0. The average molecular weight is 580 g/mol. The molecule has 1 aliphatic rings. The molecule has 0 atom stereocenters. The standard InChI is InChI=1S/C30H29N.C6H10O2S.C2H6/c1-22(2)29-13-5-4-11-26(29)12-7-10-24-8-6-9-25(21-24)15-18-28-19-17-27-16-14-23(3)20-30(27)31-28;7-5(8)3-6(4-9)1-2-6;1-2/h4-6,8-9,11,13-21H,1,7,10,12H2,2-3H3;9H,1-4H2,(H,7,8);1-2H3/b18-15+;;. The number of fused-ring (bicyclic) bond motifs is 1. The van der Waals surface area contributed by atoms with Gasteiger partial charge in [0.25, 0.3) is 0 Å². The second kappa shape index (κ2) is 16.1. The lowest BCUT2D eigenvalue weighted by molar-refractivity contribution is -0.138. The topological polar surface area (TPSA) is 50.2 Å². The number of benzene rings is 3. The van der Waals surface area contributed by atoms with Crippen molar-refractivity contribution in [3.63, 3.8) is 0 Å². The number of aryl methyl sites for hydroxylation is 3. The summed E-state index contributed by atoms with van der Waals surface area (Å²) >= 11 is 4.07. The van der Waals surface area contributed by atoms with Gasteiger partial charge in [-0.15, -0.1) is 0 Å². The third-order valence-corrected chi connectivity index (χ3v) is 8.15. The van der Waals surface area contributed by atoms with Crippen LogP contribution < -0.4 is 0 Å². The zero-order valence-electron chi connectivity index (χ0n) is 25.6. The van der Waals surface area contributed by atoms with Crippen molar-refractivity contribution in [2.24, 2.45) is 5.41 Å². The molecule has 3 nitrogen and oxygen atoms in total. The average Bonchev–Trinajstić information content (AvgIpc) is 3.77. The van der Waals surface area contributed by atoms with E-state index in [1.165, 1.54) is 33.2 Å². The summed E-state index contributed by atoms with van der Waals surface area (Å²) in [6.07, 6.45) is 9.92. The smallest absolute Gasteiger partial charge is 0.303 e. The number of aliphatic carboxylic acids is 1. The minimum Gasteiger partial charge on any atom is -0.481 e. The minimum absolute atomic E-state index is 0.0783. The molecule has 1 aliphatic carbocycles. The molecule has 1 N–H and O–H groups in total. The molecule has 0 spiro atoms. The van der Waals surface area contributed by atoms with Gasteiger partial charge in [0, 0.05) is 5.39 Å². The van der Waals surface area contributed by atoms with Gasteiger partial charge in [-0.3, -0.25) is 4.79 Å². The van der Waals surface area contributed by atoms with Gasteiger partial charge in [0.15, 0.2) is 0 Å². The molecule has 4 heteroatoms. The Bertz CT molecular complexity index is 1520. The van der Waals surface area contributed by atoms with E-state index >= 15 is 0 Å². The second-order valence-corrected chi connectivity index (χ2v) is 11.3. The Hall–Kier alpha value is -3.63. The molecule has 0 unspecified atom stereocenters. The molecule has 42 heavy (non-hydrogen) atoms. The van der Waals surface area contributed by atoms with Crippen LogP contribution in [0, 0.1) is 12.3 Å². The number of carbonyl (C=O) groups is 1. The summed E-state index contributed by atoms with van der Waals surface area (Å²) < 4.78 is 0. The van der Waals surface area contributed by atoms with Crippen LogP contribution in [0.4, 0.5) is 0 Å². The quantitative estimate of drug-likeness (QED) is 0.184. The van der Waals surface area contributed by atoms with E-state index in [1.807, 2.05) is 13.8 Å². The van der Waals surface area contributed by atoms with Crippen molar-refractivity contribution in [1.82, 2.24) is 4.98 Å². The van der Waals surface area contributed by atoms with E-state index in [0.717, 1.165) is 54.6 Å². The Morgan fingerprint density at radius 1 is 0.976 bits per heavy atom. The molecule has 4 aromatic rings. The summed E-state index contributed by atoms with van der Waals surface area (Å²) in [7, 11) is 0. The number of thiol groups is 1. The highest BCUT2D eigenvalue weighted by Crippen LogP contribution is 2.49. The Morgan fingerprint density at radius 2 is 1.71 bits per heavy atom. The lowest BCUT2D eigenvalue weighted by atomic mass is 9.96. The van der Waals surface area contributed by atoms with Crippen molar-refractivity contribution in [2.75, 3.05) is 5.75 Å². The van der Waals surface area contributed by atoms with Crippen molar-refractivity contribution in [2.45, 2.75) is 66.2 Å². The number of aromatic nitrogens is 1. The van der Waals surface area contributed by atoms with Crippen molar-refractivity contribution < 1.29 is 9.90 Å². The highest BCUT2D eigenvalue weighted by Gasteiger charge is 2.42. The van der Waals surface area contributed by atoms with Crippen molar-refractivity contribution in [3.05, 3.63) is 119 Å². The third-order valence-electron chi connectivity index (χ3n) is 7.47. The Morgan fingerprint density at radius 3 is 2.38 bits per heavy atom. The van der Waals surface area contributed by atoms with Crippen LogP contribution in [0.15, 0.2) is 85.4 Å². The predicted molar refractivity (Wildman–Crippen MR) is 184 cm³/mol. The number of hydrogen-bond donors (Lipinski definition) is 2. The van der Waals surface area contributed by atoms with Crippen LogP contribution in [-0.4, -0.2) is 21.8 Å². The molecule has 0 radical (unpaired) electrons. The number of hydrogen-bond acceptors (Lipinski definition) is 3. The highest BCUT2D eigenvalue weighted by atomic mass is 32.1. The predicted octanol–water partition coefficient (Wildman–Crippen LogP) is 10.1. The van der Waals surface area contributed by atoms with E-state index in [9.17, 15) is 4.79 Å². The molecule has 1 heterocycles. The van der Waals surface area contributed by atoms with Crippen LogP contribution in [-0.2, 0) is 17.6 Å². The van der Waals surface area contributed by atoms with Crippen molar-refractivity contribution in [1.29, 1.82) is 0 Å². The maximum absolute atomic E-state index is 10.2. The van der Waals surface area contributed by atoms with E-state index in [-0.39, 0.29) is 5.41 Å². The Kier molecular flexibility index (Phi) is 12.6. The number of pyridine rings is 1. The fraction of sp³-hybridized carbons (Fsp3) is 0.316. The maximum Gasteiger partial charge on any atom is 0.303 e. The van der Waals surface area contributed by atoms with Gasteiger partial charge in [0.1, 0.15) is 0 Å². The number of rotatable bonds is 10. The van der Waals surface area contributed by atoms with Gasteiger partial charge in [-0.2, -0.15) is 12.6 Å². The van der Waals surface area contributed by atoms with E-state index in [1.54, 1.807) is 0 Å². The normalized spacial score (nSPS) is 13.1. The summed E-state index contributed by atoms with van der Waals surface area (Å²) in [6, 6.07) is 28.0. The van der Waals surface area contributed by atoms with Gasteiger partial charge < -0.3 is 5.11 Å². The molecule has 1 aromatic heterocycles. The highest BCUT2D eigenvalue weighted by molar-refractivity contribution is 7.80. The first kappa shape index (κ1) is 32.9. The zero-order chi connectivity index (χ0) is 30.5. The molecule has 0 aliphatic heterocycles. The molecular formula is C38H45NO2S.